The van der Waals surface area contributed by atoms with E-state index in [0.29, 0.717) is 12.4 Å². The van der Waals surface area contributed by atoms with Gasteiger partial charge in [-0.2, -0.15) is 4.68 Å². The largest absolute Gasteiger partial charge is 0.437 e. The van der Waals surface area contributed by atoms with Gasteiger partial charge in [-0.05, 0) is 30.5 Å². The van der Waals surface area contributed by atoms with Crippen LogP contribution in [0.15, 0.2) is 63.8 Å². The molecule has 0 saturated carbocycles. The lowest BCUT2D eigenvalue weighted by Crippen LogP contribution is -2.33. The molecule has 0 unspecified atom stereocenters. The van der Waals surface area contributed by atoms with Crippen molar-refractivity contribution in [2.24, 2.45) is 0 Å². The Balaban J connectivity index is 1.40. The second-order valence-electron chi connectivity index (χ2n) is 6.88. The summed E-state index contributed by atoms with van der Waals surface area (Å²) in [5.74, 6) is 0.153. The minimum atomic E-state index is -0.434. The van der Waals surface area contributed by atoms with Crippen LogP contribution in [-0.2, 0) is 6.54 Å². The van der Waals surface area contributed by atoms with E-state index in [9.17, 15) is 14.9 Å². The molecule has 8 nitrogen and oxygen atoms in total. The van der Waals surface area contributed by atoms with Crippen LogP contribution >= 0.6 is 0 Å². The summed E-state index contributed by atoms with van der Waals surface area (Å²) in [6, 6.07) is 16.3. The third kappa shape index (κ3) is 3.80. The number of non-ortho nitro benzene ring substituents is 1. The Bertz CT molecular complexity index is 1000. The van der Waals surface area contributed by atoms with Gasteiger partial charge in [0.05, 0.1) is 11.5 Å². The number of nitro benzene ring substituents is 1. The molecule has 0 amide bonds. The maximum Gasteiger partial charge on any atom is 0.437 e. The summed E-state index contributed by atoms with van der Waals surface area (Å²) in [5, 5.41) is 15.2. The molecule has 1 aliphatic rings. The van der Waals surface area contributed by atoms with E-state index >= 15 is 0 Å². The van der Waals surface area contributed by atoms with Crippen LogP contribution in [0.25, 0.3) is 0 Å². The lowest BCUT2D eigenvalue weighted by Gasteiger charge is -2.32. The van der Waals surface area contributed by atoms with Gasteiger partial charge >= 0.3 is 5.76 Å². The van der Waals surface area contributed by atoms with E-state index < -0.39 is 10.7 Å². The minimum Gasteiger partial charge on any atom is -0.392 e. The summed E-state index contributed by atoms with van der Waals surface area (Å²) in [4.78, 5) is 24.7. The molecule has 144 valence electrons. The monoisotopic (exact) mass is 380 g/mol. The fourth-order valence-electron chi connectivity index (χ4n) is 3.51. The minimum absolute atomic E-state index is 0.0874. The first-order valence-electron chi connectivity index (χ1n) is 9.21. The lowest BCUT2D eigenvalue weighted by molar-refractivity contribution is -0.384. The highest BCUT2D eigenvalue weighted by molar-refractivity contribution is 5.51. The van der Waals surface area contributed by atoms with Gasteiger partial charge in [0.15, 0.2) is 0 Å². The fraction of sp³-hybridized carbons (Fsp3) is 0.300. The number of aromatic nitrogens is 2. The Kier molecular flexibility index (Phi) is 4.92. The van der Waals surface area contributed by atoms with Crippen LogP contribution in [0, 0.1) is 10.1 Å². The van der Waals surface area contributed by atoms with Crippen LogP contribution < -0.4 is 10.7 Å². The second kappa shape index (κ2) is 7.67. The molecule has 28 heavy (non-hydrogen) atoms. The summed E-state index contributed by atoms with van der Waals surface area (Å²) >= 11 is 0. The molecule has 1 aromatic heterocycles. The highest BCUT2D eigenvalue weighted by Crippen LogP contribution is 2.29. The molecule has 0 bridgehead atoms. The number of anilines is 1. The number of nitrogens with zero attached hydrogens (tertiary/aromatic N) is 4. The van der Waals surface area contributed by atoms with Crippen LogP contribution in [0.2, 0.25) is 0 Å². The Morgan fingerprint density at radius 3 is 2.39 bits per heavy atom. The van der Waals surface area contributed by atoms with Crippen LogP contribution in [-0.4, -0.2) is 27.8 Å². The molecule has 0 radical (unpaired) electrons. The van der Waals surface area contributed by atoms with Gasteiger partial charge in [-0.25, -0.2) is 4.79 Å². The standard InChI is InChI=1S/C20H20N4O4/c25-20-23(14-15-4-2-1-3-5-15)21-19(28-20)16-10-12-22(13-11-16)17-6-8-18(9-7-17)24(26)27/h1-9,16H,10-14H2. The third-order valence-electron chi connectivity index (χ3n) is 5.07. The van der Waals surface area contributed by atoms with E-state index in [1.165, 1.54) is 16.8 Å². The molecule has 8 heteroatoms. The van der Waals surface area contributed by atoms with Crippen LogP contribution in [0.5, 0.6) is 0 Å². The van der Waals surface area contributed by atoms with Gasteiger partial charge in [0.2, 0.25) is 5.89 Å². The smallest absolute Gasteiger partial charge is 0.392 e. The van der Waals surface area contributed by atoms with Crippen molar-refractivity contribution >= 4 is 11.4 Å². The molecule has 2 aromatic carbocycles. The van der Waals surface area contributed by atoms with Crippen LogP contribution in [0.4, 0.5) is 11.4 Å². The SMILES string of the molecule is O=c1oc(C2CCN(c3ccc([N+](=O)[O-])cc3)CC2)nn1Cc1ccccc1. The van der Waals surface area contributed by atoms with Crippen molar-refractivity contribution in [2.45, 2.75) is 25.3 Å². The molecule has 3 aromatic rings. The molecular weight excluding hydrogens is 360 g/mol. The van der Waals surface area contributed by atoms with Gasteiger partial charge in [0.1, 0.15) is 0 Å². The number of hydrogen-bond acceptors (Lipinski definition) is 6. The first-order chi connectivity index (χ1) is 13.6. The number of rotatable bonds is 5. The fourth-order valence-corrected chi connectivity index (χ4v) is 3.51. The number of piperidine rings is 1. The first kappa shape index (κ1) is 18.0. The lowest BCUT2D eigenvalue weighted by atomic mass is 9.96. The number of nitro groups is 1. The van der Waals surface area contributed by atoms with Crippen molar-refractivity contribution in [1.29, 1.82) is 0 Å². The summed E-state index contributed by atoms with van der Waals surface area (Å²) in [6.07, 6.45) is 1.62. The average Bonchev–Trinajstić information content (AvgIpc) is 3.09. The van der Waals surface area contributed by atoms with Crippen molar-refractivity contribution in [3.63, 3.8) is 0 Å². The van der Waals surface area contributed by atoms with E-state index in [1.54, 1.807) is 12.1 Å². The van der Waals surface area contributed by atoms with Gasteiger partial charge in [-0.1, -0.05) is 30.3 Å². The summed E-state index contributed by atoms with van der Waals surface area (Å²) in [6.45, 7) is 1.94. The van der Waals surface area contributed by atoms with Gasteiger partial charge < -0.3 is 9.32 Å². The molecule has 1 fully saturated rings. The molecular formula is C20H20N4O4. The molecule has 0 spiro atoms. The predicted molar refractivity (Wildman–Crippen MR) is 104 cm³/mol. The zero-order valence-corrected chi connectivity index (χ0v) is 15.2. The number of benzene rings is 2. The summed E-state index contributed by atoms with van der Waals surface area (Å²) < 4.78 is 6.78. The summed E-state index contributed by atoms with van der Waals surface area (Å²) in [5.41, 5.74) is 2.04. The average molecular weight is 380 g/mol. The molecule has 0 aliphatic carbocycles. The Hall–Kier alpha value is -3.42. The maximum atomic E-state index is 12.1. The van der Waals surface area contributed by atoms with Gasteiger partial charge in [-0.15, -0.1) is 5.10 Å². The van der Waals surface area contributed by atoms with Crippen molar-refractivity contribution in [3.8, 4) is 0 Å². The Morgan fingerprint density at radius 2 is 1.75 bits per heavy atom. The van der Waals surface area contributed by atoms with E-state index in [4.69, 9.17) is 4.42 Å². The van der Waals surface area contributed by atoms with E-state index in [0.717, 1.165) is 37.2 Å². The van der Waals surface area contributed by atoms with Gasteiger partial charge in [0.25, 0.3) is 5.69 Å². The van der Waals surface area contributed by atoms with Crippen molar-refractivity contribution in [3.05, 3.63) is 86.7 Å². The molecule has 0 N–H and O–H groups in total. The second-order valence-corrected chi connectivity index (χ2v) is 6.88. The van der Waals surface area contributed by atoms with Crippen LogP contribution in [0.1, 0.15) is 30.2 Å². The molecule has 1 aliphatic heterocycles. The van der Waals surface area contributed by atoms with E-state index in [-0.39, 0.29) is 11.6 Å². The van der Waals surface area contributed by atoms with Crippen molar-refractivity contribution in [1.82, 2.24) is 9.78 Å². The first-order valence-corrected chi connectivity index (χ1v) is 9.21. The van der Waals surface area contributed by atoms with Crippen LogP contribution in [0.3, 0.4) is 0 Å². The molecule has 0 atom stereocenters. The highest BCUT2D eigenvalue weighted by Gasteiger charge is 2.26. The quantitative estimate of drug-likeness (QED) is 0.498. The molecule has 4 rings (SSSR count). The Morgan fingerprint density at radius 1 is 1.07 bits per heavy atom. The number of hydrogen-bond donors (Lipinski definition) is 0. The molecule has 2 heterocycles. The zero-order valence-electron chi connectivity index (χ0n) is 15.2. The normalized spacial score (nSPS) is 14.9. The maximum absolute atomic E-state index is 12.1. The predicted octanol–water partition coefficient (Wildman–Crippen LogP) is 3.18. The van der Waals surface area contributed by atoms with Crippen molar-refractivity contribution < 1.29 is 9.34 Å². The Labute approximate surface area is 161 Å². The topological polar surface area (TPSA) is 94.4 Å². The summed E-state index contributed by atoms with van der Waals surface area (Å²) in [7, 11) is 0. The highest BCUT2D eigenvalue weighted by atomic mass is 16.6. The van der Waals surface area contributed by atoms with Gasteiger partial charge in [0, 0.05) is 36.8 Å². The third-order valence-corrected chi connectivity index (χ3v) is 5.07. The van der Waals surface area contributed by atoms with E-state index in [2.05, 4.69) is 10.00 Å². The van der Waals surface area contributed by atoms with Gasteiger partial charge in [-0.3, -0.25) is 10.1 Å². The van der Waals surface area contributed by atoms with E-state index in [1.807, 2.05) is 30.3 Å². The molecule has 1 saturated heterocycles. The zero-order chi connectivity index (χ0) is 19.5. The van der Waals surface area contributed by atoms with Crippen molar-refractivity contribution in [2.75, 3.05) is 18.0 Å².